The second-order valence-electron chi connectivity index (χ2n) is 9.75. The largest absolute Gasteiger partial charge is 0.508 e. The predicted molar refractivity (Wildman–Crippen MR) is 123 cm³/mol. The molecule has 0 N–H and O–H groups in total. The Morgan fingerprint density at radius 1 is 1.12 bits per heavy atom. The van der Waals surface area contributed by atoms with Crippen LogP contribution in [0.4, 0.5) is 4.79 Å². The van der Waals surface area contributed by atoms with Gasteiger partial charge in [-0.1, -0.05) is 36.9 Å². The highest BCUT2D eigenvalue weighted by atomic mass is 16.7. The molecule has 0 amide bonds. The highest BCUT2D eigenvalue weighted by Gasteiger charge is 2.48. The summed E-state index contributed by atoms with van der Waals surface area (Å²) >= 11 is 0. The Hall–Kier alpha value is -2.38. The molecule has 178 valence electrons. The first-order valence-electron chi connectivity index (χ1n) is 11.0. The fraction of sp³-hybridized carbons (Fsp3) is 0.600. The molecule has 1 heterocycles. The summed E-state index contributed by atoms with van der Waals surface area (Å²) in [4.78, 5) is 30.1. The molecule has 1 aromatic rings. The Morgan fingerprint density at radius 2 is 1.69 bits per heavy atom. The van der Waals surface area contributed by atoms with Gasteiger partial charge in [0.2, 0.25) is 0 Å². The van der Waals surface area contributed by atoms with Crippen LogP contribution in [0.25, 0.3) is 6.08 Å². The molecule has 1 atom stereocenters. The zero-order valence-corrected chi connectivity index (χ0v) is 20.3. The molecule has 0 aliphatic carbocycles. The van der Waals surface area contributed by atoms with E-state index in [1.54, 1.807) is 19.9 Å². The van der Waals surface area contributed by atoms with Crippen LogP contribution < -0.4 is 0 Å². The highest BCUT2D eigenvalue weighted by Crippen LogP contribution is 2.41. The molecule has 7 nitrogen and oxygen atoms in total. The van der Waals surface area contributed by atoms with E-state index in [0.29, 0.717) is 12.8 Å². The molecular weight excluding hydrogens is 410 g/mol. The number of hydroxylamine groups is 2. The van der Waals surface area contributed by atoms with Gasteiger partial charge in [-0.15, -0.1) is 0 Å². The molecule has 1 aromatic carbocycles. The van der Waals surface area contributed by atoms with Crippen molar-refractivity contribution < 1.29 is 28.6 Å². The van der Waals surface area contributed by atoms with E-state index in [0.717, 1.165) is 11.1 Å². The van der Waals surface area contributed by atoms with E-state index in [2.05, 4.69) is 34.3 Å². The molecule has 7 heteroatoms. The van der Waals surface area contributed by atoms with E-state index in [-0.39, 0.29) is 24.8 Å². The van der Waals surface area contributed by atoms with Crippen LogP contribution in [0.15, 0.2) is 30.8 Å². The van der Waals surface area contributed by atoms with Crippen molar-refractivity contribution in [2.45, 2.75) is 90.7 Å². The average molecular weight is 448 g/mol. The van der Waals surface area contributed by atoms with E-state index in [1.165, 1.54) is 6.92 Å². The van der Waals surface area contributed by atoms with Gasteiger partial charge < -0.3 is 14.2 Å². The predicted octanol–water partition coefficient (Wildman–Crippen LogP) is 5.45. The molecule has 32 heavy (non-hydrogen) atoms. The zero-order chi connectivity index (χ0) is 24.1. The maximum atomic E-state index is 12.0. The number of ether oxygens (including phenoxy) is 3. The maximum Gasteiger partial charge on any atom is 0.508 e. The van der Waals surface area contributed by atoms with Gasteiger partial charge in [0, 0.05) is 30.8 Å². The summed E-state index contributed by atoms with van der Waals surface area (Å²) in [6, 6.07) is 7.75. The zero-order valence-electron chi connectivity index (χ0n) is 20.3. The lowest BCUT2D eigenvalue weighted by Crippen LogP contribution is -2.62. The van der Waals surface area contributed by atoms with Gasteiger partial charge in [0.15, 0.2) is 0 Å². The van der Waals surface area contributed by atoms with Crippen molar-refractivity contribution in [3.63, 3.8) is 0 Å². The molecule has 0 bridgehead atoms. The van der Waals surface area contributed by atoms with Gasteiger partial charge in [0.1, 0.15) is 18.8 Å². The van der Waals surface area contributed by atoms with Crippen LogP contribution in [-0.4, -0.2) is 47.1 Å². The van der Waals surface area contributed by atoms with Gasteiger partial charge in [-0.2, -0.15) is 5.06 Å². The lowest BCUT2D eigenvalue weighted by Gasteiger charge is -2.54. The maximum absolute atomic E-state index is 12.0. The summed E-state index contributed by atoms with van der Waals surface area (Å²) in [5.41, 5.74) is 0.983. The van der Waals surface area contributed by atoms with Crippen LogP contribution in [0.2, 0.25) is 0 Å². The number of rotatable bonds is 8. The summed E-state index contributed by atoms with van der Waals surface area (Å²) in [5.74, 6) is -0.284. The quantitative estimate of drug-likeness (QED) is 0.491. The molecule has 1 saturated heterocycles. The van der Waals surface area contributed by atoms with E-state index >= 15 is 0 Å². The second-order valence-corrected chi connectivity index (χ2v) is 9.75. The van der Waals surface area contributed by atoms with Crippen LogP contribution in [0.5, 0.6) is 0 Å². The van der Waals surface area contributed by atoms with E-state index in [4.69, 9.17) is 19.0 Å². The number of piperidine rings is 1. The Morgan fingerprint density at radius 3 is 2.16 bits per heavy atom. The fourth-order valence-electron chi connectivity index (χ4n) is 4.31. The van der Waals surface area contributed by atoms with E-state index in [9.17, 15) is 9.59 Å². The summed E-state index contributed by atoms with van der Waals surface area (Å²) < 4.78 is 16.0. The van der Waals surface area contributed by atoms with Gasteiger partial charge >= 0.3 is 12.1 Å². The van der Waals surface area contributed by atoms with Gasteiger partial charge in [0.25, 0.3) is 0 Å². The molecule has 0 saturated carbocycles. The third kappa shape index (κ3) is 7.07. The lowest BCUT2D eigenvalue weighted by atomic mass is 9.80. The van der Waals surface area contributed by atoms with Crippen LogP contribution in [0.3, 0.4) is 0 Å². The van der Waals surface area contributed by atoms with Crippen LogP contribution in [-0.2, 0) is 23.8 Å². The molecule has 1 aliphatic rings. The minimum absolute atomic E-state index is 0.00494. The Kier molecular flexibility index (Phi) is 8.48. The number of carbonyl (C=O) groups is 2. The molecule has 1 unspecified atom stereocenters. The van der Waals surface area contributed by atoms with Gasteiger partial charge in [-0.25, -0.2) is 4.79 Å². The number of carbonyl (C=O) groups excluding carboxylic acids is 2. The summed E-state index contributed by atoms with van der Waals surface area (Å²) in [6.45, 7) is 17.0. The van der Waals surface area contributed by atoms with Crippen LogP contribution in [0, 0.1) is 0 Å². The SMILES string of the molecule is C=Cc1ccc(C(COC(=O)OC(C)C)ON2C(C)(C)CC(OC(C)=O)CC2(C)C)cc1. The molecule has 0 aromatic heterocycles. The fourth-order valence-corrected chi connectivity index (χ4v) is 4.31. The minimum Gasteiger partial charge on any atom is -0.462 e. The molecule has 1 fully saturated rings. The first kappa shape index (κ1) is 25.9. The van der Waals surface area contributed by atoms with Crippen molar-refractivity contribution >= 4 is 18.2 Å². The monoisotopic (exact) mass is 447 g/mol. The third-order valence-corrected chi connectivity index (χ3v) is 5.35. The van der Waals surface area contributed by atoms with Gasteiger partial charge in [-0.3, -0.25) is 9.63 Å². The molecule has 0 radical (unpaired) electrons. The van der Waals surface area contributed by atoms with E-state index in [1.807, 2.05) is 29.3 Å². The van der Waals surface area contributed by atoms with Crippen molar-refractivity contribution in [2.75, 3.05) is 6.61 Å². The number of esters is 1. The number of hydrogen-bond donors (Lipinski definition) is 0. The smallest absolute Gasteiger partial charge is 0.462 e. The van der Waals surface area contributed by atoms with Gasteiger partial charge in [-0.05, 0) is 52.7 Å². The lowest BCUT2D eigenvalue weighted by molar-refractivity contribution is -0.320. The number of hydrogen-bond acceptors (Lipinski definition) is 7. The summed E-state index contributed by atoms with van der Waals surface area (Å²) in [6.07, 6.45) is 1.26. The minimum atomic E-state index is -0.733. The van der Waals surface area contributed by atoms with Gasteiger partial charge in [0.05, 0.1) is 6.10 Å². The summed E-state index contributed by atoms with van der Waals surface area (Å²) in [7, 11) is 0. The Bertz CT molecular complexity index is 781. The third-order valence-electron chi connectivity index (χ3n) is 5.35. The molecular formula is C25H37NO6. The van der Waals surface area contributed by atoms with Crippen molar-refractivity contribution in [3.05, 3.63) is 42.0 Å². The van der Waals surface area contributed by atoms with Crippen molar-refractivity contribution in [1.82, 2.24) is 5.06 Å². The standard InChI is InChI=1S/C25H37NO6/c1-9-19-10-12-20(13-11-19)22(16-29-23(28)30-17(2)3)32-26-24(5,6)14-21(31-18(4)27)15-25(26,7)8/h9-13,17,21-22H,1,14-16H2,2-8H3. The van der Waals surface area contributed by atoms with E-state index < -0.39 is 23.3 Å². The van der Waals surface area contributed by atoms with Crippen molar-refractivity contribution in [1.29, 1.82) is 0 Å². The van der Waals surface area contributed by atoms with Crippen molar-refractivity contribution in [3.8, 4) is 0 Å². The Balaban J connectivity index is 2.26. The second kappa shape index (κ2) is 10.5. The number of nitrogens with zero attached hydrogens (tertiary/aromatic N) is 1. The summed E-state index contributed by atoms with van der Waals surface area (Å²) in [5, 5.41) is 1.95. The molecule has 2 rings (SSSR count). The van der Waals surface area contributed by atoms with Crippen LogP contribution >= 0.6 is 0 Å². The molecule has 1 aliphatic heterocycles. The first-order valence-corrected chi connectivity index (χ1v) is 11.0. The Labute approximate surface area is 191 Å². The average Bonchev–Trinajstić information content (AvgIpc) is 2.65. The van der Waals surface area contributed by atoms with Crippen molar-refractivity contribution in [2.24, 2.45) is 0 Å². The first-order chi connectivity index (χ1) is 14.8. The topological polar surface area (TPSA) is 74.3 Å². The molecule has 0 spiro atoms. The normalized spacial score (nSPS) is 19.2. The highest BCUT2D eigenvalue weighted by molar-refractivity contribution is 5.66. The number of benzene rings is 1. The van der Waals surface area contributed by atoms with Crippen LogP contribution in [0.1, 0.15) is 78.5 Å².